The molecule has 2 aromatic rings. The van der Waals surface area contributed by atoms with Crippen LogP contribution in [0.15, 0.2) is 48.5 Å². The number of nitrogens with one attached hydrogen (secondary N) is 1. The topological polar surface area (TPSA) is 41.6 Å². The van der Waals surface area contributed by atoms with Gasteiger partial charge in [0.2, 0.25) is 0 Å². The number of alkyl halides is 3. The van der Waals surface area contributed by atoms with Crippen LogP contribution in [0.25, 0.3) is 0 Å². The molecule has 150 valence electrons. The van der Waals surface area contributed by atoms with E-state index in [-0.39, 0.29) is 12.2 Å². The van der Waals surface area contributed by atoms with Gasteiger partial charge in [0.15, 0.2) is 5.78 Å². The lowest BCUT2D eigenvalue weighted by Crippen LogP contribution is -2.44. The third kappa shape index (κ3) is 5.56. The van der Waals surface area contributed by atoms with Crippen molar-refractivity contribution in [2.24, 2.45) is 0 Å². The van der Waals surface area contributed by atoms with E-state index in [1.165, 1.54) is 12.1 Å². The summed E-state index contributed by atoms with van der Waals surface area (Å²) in [6, 6.07) is 11.7. The Morgan fingerprint density at radius 1 is 1.07 bits per heavy atom. The molecule has 0 bridgehead atoms. The number of para-hydroxylation sites is 1. The van der Waals surface area contributed by atoms with Crippen LogP contribution in [0.2, 0.25) is 0 Å². The number of nitrogens with zero attached hydrogens (tertiary/aromatic N) is 1. The lowest BCUT2D eigenvalue weighted by Gasteiger charge is -2.27. The summed E-state index contributed by atoms with van der Waals surface area (Å²) >= 11 is 0. The Bertz CT molecular complexity index is 802. The highest BCUT2D eigenvalue weighted by Gasteiger charge is 2.30. The maximum absolute atomic E-state index is 12.9. The summed E-state index contributed by atoms with van der Waals surface area (Å²) in [4.78, 5) is 15.0. The van der Waals surface area contributed by atoms with Gasteiger partial charge < -0.3 is 10.1 Å². The summed E-state index contributed by atoms with van der Waals surface area (Å²) in [5.74, 6) is 0.201. The first-order valence-electron chi connectivity index (χ1n) is 9.28. The molecule has 0 aliphatic carbocycles. The minimum atomic E-state index is -4.43. The smallest absolute Gasteiger partial charge is 0.416 e. The van der Waals surface area contributed by atoms with Crippen molar-refractivity contribution in [3.63, 3.8) is 0 Å². The van der Waals surface area contributed by atoms with E-state index >= 15 is 0 Å². The zero-order valence-corrected chi connectivity index (χ0v) is 15.5. The molecule has 4 nitrogen and oxygen atoms in total. The van der Waals surface area contributed by atoms with E-state index in [4.69, 9.17) is 4.74 Å². The Kier molecular flexibility index (Phi) is 6.70. The van der Waals surface area contributed by atoms with Crippen molar-refractivity contribution in [1.29, 1.82) is 0 Å². The summed E-state index contributed by atoms with van der Waals surface area (Å²) in [5, 5.41) is 3.29. The number of hydrogen-bond donors (Lipinski definition) is 1. The fraction of sp³-hybridized carbons (Fsp3) is 0.381. The molecule has 1 fully saturated rings. The number of Topliss-reactive ketones (excluding diaryl/α,β-unsaturated/α-hetero) is 1. The van der Waals surface area contributed by atoms with E-state index in [1.807, 2.05) is 0 Å². The van der Waals surface area contributed by atoms with Crippen LogP contribution < -0.4 is 10.1 Å². The van der Waals surface area contributed by atoms with Gasteiger partial charge in [-0.15, -0.1) is 0 Å². The number of rotatable bonds is 7. The van der Waals surface area contributed by atoms with Gasteiger partial charge in [0.25, 0.3) is 0 Å². The molecule has 1 aliphatic rings. The number of piperazine rings is 1. The van der Waals surface area contributed by atoms with Crippen LogP contribution in [0, 0.1) is 0 Å². The van der Waals surface area contributed by atoms with Gasteiger partial charge >= 0.3 is 6.18 Å². The first-order chi connectivity index (χ1) is 13.4. The largest absolute Gasteiger partial charge is 0.491 e. The highest BCUT2D eigenvalue weighted by atomic mass is 19.4. The standard InChI is InChI=1S/C21H23F3N2O2/c22-21(23,24)17-5-3-4-16(14-17)15-19(27)18-6-1-2-7-20(18)28-13-12-26-10-8-25-9-11-26/h1-7,14,25H,8-13,15H2. The molecular weight excluding hydrogens is 369 g/mol. The average molecular weight is 392 g/mol. The molecule has 28 heavy (non-hydrogen) atoms. The molecule has 1 aliphatic heterocycles. The van der Waals surface area contributed by atoms with Crippen LogP contribution in [0.4, 0.5) is 13.2 Å². The second-order valence-corrected chi connectivity index (χ2v) is 6.73. The molecule has 0 spiro atoms. The zero-order chi connectivity index (χ0) is 20.0. The minimum absolute atomic E-state index is 0.109. The van der Waals surface area contributed by atoms with Crippen molar-refractivity contribution in [3.8, 4) is 5.75 Å². The molecule has 3 rings (SSSR count). The monoisotopic (exact) mass is 392 g/mol. The van der Waals surface area contributed by atoms with E-state index in [9.17, 15) is 18.0 Å². The molecule has 0 aromatic heterocycles. The molecule has 2 aromatic carbocycles. The fourth-order valence-electron chi connectivity index (χ4n) is 3.18. The van der Waals surface area contributed by atoms with Crippen LogP contribution in [-0.2, 0) is 12.6 Å². The molecule has 0 atom stereocenters. The normalized spacial score (nSPS) is 15.4. The third-order valence-electron chi connectivity index (χ3n) is 4.68. The molecular formula is C21H23F3N2O2. The third-order valence-corrected chi connectivity index (χ3v) is 4.68. The molecule has 7 heteroatoms. The molecule has 0 radical (unpaired) electrons. The van der Waals surface area contributed by atoms with Crippen molar-refractivity contribution in [2.75, 3.05) is 39.3 Å². The Morgan fingerprint density at radius 3 is 2.57 bits per heavy atom. The number of ether oxygens (including phenoxy) is 1. The average Bonchev–Trinajstić information content (AvgIpc) is 2.69. The van der Waals surface area contributed by atoms with Crippen LogP contribution in [-0.4, -0.2) is 50.0 Å². The predicted molar refractivity (Wildman–Crippen MR) is 101 cm³/mol. The summed E-state index contributed by atoms with van der Waals surface area (Å²) in [6.45, 7) is 5.03. The predicted octanol–water partition coefficient (Wildman–Crippen LogP) is 3.41. The van der Waals surface area contributed by atoms with Crippen molar-refractivity contribution in [3.05, 3.63) is 65.2 Å². The van der Waals surface area contributed by atoms with Crippen LogP contribution in [0.5, 0.6) is 5.75 Å². The van der Waals surface area contributed by atoms with E-state index < -0.39 is 11.7 Å². The maximum atomic E-state index is 12.9. The molecule has 1 heterocycles. The Hall–Kier alpha value is -2.38. The summed E-state index contributed by atoms with van der Waals surface area (Å²) in [7, 11) is 0. The fourth-order valence-corrected chi connectivity index (χ4v) is 3.18. The van der Waals surface area contributed by atoms with Crippen LogP contribution in [0.3, 0.4) is 0 Å². The van der Waals surface area contributed by atoms with E-state index in [2.05, 4.69) is 10.2 Å². The highest BCUT2D eigenvalue weighted by Crippen LogP contribution is 2.30. The van der Waals surface area contributed by atoms with Crippen molar-refractivity contribution < 1.29 is 22.7 Å². The van der Waals surface area contributed by atoms with Gasteiger partial charge in [0.1, 0.15) is 12.4 Å². The number of hydrogen-bond acceptors (Lipinski definition) is 4. The number of benzene rings is 2. The lowest BCUT2D eigenvalue weighted by molar-refractivity contribution is -0.137. The van der Waals surface area contributed by atoms with Gasteiger partial charge in [-0.3, -0.25) is 9.69 Å². The molecule has 0 amide bonds. The van der Waals surface area contributed by atoms with Gasteiger partial charge in [-0.1, -0.05) is 30.3 Å². The van der Waals surface area contributed by atoms with Crippen LogP contribution in [0.1, 0.15) is 21.5 Å². The number of carbonyl (C=O) groups is 1. The number of carbonyl (C=O) groups excluding carboxylic acids is 1. The molecule has 0 unspecified atom stereocenters. The van der Waals surface area contributed by atoms with Gasteiger partial charge in [0.05, 0.1) is 11.1 Å². The summed E-state index contributed by atoms with van der Waals surface area (Å²) in [6.07, 6.45) is -4.54. The second-order valence-electron chi connectivity index (χ2n) is 6.73. The van der Waals surface area contributed by atoms with Crippen molar-refractivity contribution in [2.45, 2.75) is 12.6 Å². The quantitative estimate of drug-likeness (QED) is 0.734. The van der Waals surface area contributed by atoms with Crippen molar-refractivity contribution in [1.82, 2.24) is 10.2 Å². The highest BCUT2D eigenvalue weighted by molar-refractivity contribution is 5.99. The van der Waals surface area contributed by atoms with Crippen molar-refractivity contribution >= 4 is 5.78 Å². The SMILES string of the molecule is O=C(Cc1cccc(C(F)(F)F)c1)c1ccccc1OCCN1CCNCC1. The Labute approximate surface area is 162 Å². The first kappa shape index (κ1) is 20.4. The number of halogens is 3. The van der Waals surface area contributed by atoms with Gasteiger partial charge in [-0.2, -0.15) is 13.2 Å². The summed E-state index contributed by atoms with van der Waals surface area (Å²) < 4.78 is 44.4. The first-order valence-corrected chi connectivity index (χ1v) is 9.28. The van der Waals surface area contributed by atoms with E-state index in [1.54, 1.807) is 24.3 Å². The van der Waals surface area contributed by atoms with E-state index in [0.29, 0.717) is 23.5 Å². The van der Waals surface area contributed by atoms with Gasteiger partial charge in [0, 0.05) is 39.1 Å². The summed E-state index contributed by atoms with van der Waals surface area (Å²) in [5.41, 5.74) is -0.0333. The zero-order valence-electron chi connectivity index (χ0n) is 15.5. The Balaban J connectivity index is 1.64. The molecule has 0 saturated carbocycles. The maximum Gasteiger partial charge on any atom is 0.416 e. The van der Waals surface area contributed by atoms with Gasteiger partial charge in [-0.05, 0) is 23.8 Å². The molecule has 1 saturated heterocycles. The second kappa shape index (κ2) is 9.21. The van der Waals surface area contributed by atoms with E-state index in [0.717, 1.165) is 44.9 Å². The number of ketones is 1. The van der Waals surface area contributed by atoms with Gasteiger partial charge in [-0.25, -0.2) is 0 Å². The Morgan fingerprint density at radius 2 is 1.82 bits per heavy atom. The van der Waals surface area contributed by atoms with Crippen LogP contribution >= 0.6 is 0 Å². The lowest BCUT2D eigenvalue weighted by atomic mass is 10.0. The molecule has 1 N–H and O–H groups in total. The minimum Gasteiger partial charge on any atom is -0.491 e.